The highest BCUT2D eigenvalue weighted by atomic mass is 16.2. The van der Waals surface area contributed by atoms with Gasteiger partial charge in [-0.3, -0.25) is 4.79 Å². The van der Waals surface area contributed by atoms with Crippen LogP contribution in [-0.4, -0.2) is 68.0 Å². The van der Waals surface area contributed by atoms with Crippen LogP contribution in [0.1, 0.15) is 23.9 Å². The monoisotopic (exact) mass is 317 g/mol. The first-order valence-corrected chi connectivity index (χ1v) is 7.83. The molecule has 1 aliphatic rings. The number of hydrogen-bond acceptors (Lipinski definition) is 6. The van der Waals surface area contributed by atoms with Crippen LogP contribution in [0.3, 0.4) is 0 Å². The smallest absolute Gasteiger partial charge is 0.254 e. The van der Waals surface area contributed by atoms with E-state index in [-0.39, 0.29) is 17.9 Å². The first-order valence-electron chi connectivity index (χ1n) is 7.83. The number of nitrogens with zero attached hydrogens (tertiary/aromatic N) is 6. The lowest BCUT2D eigenvalue weighted by Crippen LogP contribution is -2.53. The van der Waals surface area contributed by atoms with Crippen LogP contribution in [-0.2, 0) is 11.2 Å². The molecule has 0 saturated carbocycles. The van der Waals surface area contributed by atoms with Gasteiger partial charge in [0.25, 0.3) is 5.78 Å². The number of aryl methyl sites for hydroxylation is 2. The summed E-state index contributed by atoms with van der Waals surface area (Å²) in [7, 11) is 2.08. The molecule has 1 amide bonds. The van der Waals surface area contributed by atoms with Crippen LogP contribution in [0.5, 0.6) is 0 Å². The van der Waals surface area contributed by atoms with Crippen molar-refractivity contribution in [2.75, 3.05) is 32.4 Å². The lowest BCUT2D eigenvalue weighted by molar-refractivity contribution is -0.134. The number of likely N-dealkylation sites (N-methyl/N-ethyl adjacent to an activating group) is 1. The van der Waals surface area contributed by atoms with Crippen molar-refractivity contribution in [2.24, 2.45) is 0 Å². The first kappa shape index (κ1) is 15.7. The van der Waals surface area contributed by atoms with Crippen LogP contribution >= 0.6 is 0 Å². The van der Waals surface area contributed by atoms with Crippen molar-refractivity contribution < 1.29 is 4.79 Å². The van der Waals surface area contributed by atoms with Gasteiger partial charge in [-0.2, -0.15) is 9.50 Å². The average molecular weight is 317 g/mol. The molecule has 3 rings (SSSR count). The number of fused-ring (bicyclic) bond motifs is 1. The van der Waals surface area contributed by atoms with Crippen molar-refractivity contribution in [1.29, 1.82) is 0 Å². The minimum absolute atomic E-state index is 0.131. The number of carbonyl (C=O) groups is 1. The Morgan fingerprint density at radius 2 is 2.04 bits per heavy atom. The molecule has 1 aliphatic heterocycles. The molecule has 2 aromatic rings. The van der Waals surface area contributed by atoms with Crippen molar-refractivity contribution in [3.8, 4) is 0 Å². The summed E-state index contributed by atoms with van der Waals surface area (Å²) >= 11 is 0. The van der Waals surface area contributed by atoms with Crippen LogP contribution < -0.4 is 5.73 Å². The van der Waals surface area contributed by atoms with Gasteiger partial charge < -0.3 is 15.5 Å². The van der Waals surface area contributed by atoms with E-state index in [1.54, 1.807) is 4.52 Å². The number of nitrogens with two attached hydrogens (primary N) is 1. The van der Waals surface area contributed by atoms with Crippen LogP contribution in [0.15, 0.2) is 0 Å². The highest BCUT2D eigenvalue weighted by molar-refractivity contribution is 5.79. The fourth-order valence-corrected chi connectivity index (χ4v) is 3.24. The number of carbonyl (C=O) groups excluding carboxylic acids is 1. The van der Waals surface area contributed by atoms with Gasteiger partial charge in [-0.15, -0.1) is 5.10 Å². The topological polar surface area (TPSA) is 92.6 Å². The molecule has 0 aromatic carbocycles. The van der Waals surface area contributed by atoms with Crippen LogP contribution in [0.25, 0.3) is 5.78 Å². The molecule has 0 radical (unpaired) electrons. The number of hydrogen-bond donors (Lipinski definition) is 1. The predicted octanol–water partition coefficient (Wildman–Crippen LogP) is 0.0283. The van der Waals surface area contributed by atoms with Crippen molar-refractivity contribution in [3.63, 3.8) is 0 Å². The lowest BCUT2D eigenvalue weighted by atomic mass is 10.1. The quantitative estimate of drug-likeness (QED) is 0.840. The van der Waals surface area contributed by atoms with Crippen LogP contribution in [0, 0.1) is 13.8 Å². The van der Waals surface area contributed by atoms with E-state index < -0.39 is 0 Å². The summed E-state index contributed by atoms with van der Waals surface area (Å²) < 4.78 is 1.61. The van der Waals surface area contributed by atoms with Gasteiger partial charge in [0.1, 0.15) is 0 Å². The molecule has 1 saturated heterocycles. The van der Waals surface area contributed by atoms with Crippen LogP contribution in [0.2, 0.25) is 0 Å². The fourth-order valence-electron chi connectivity index (χ4n) is 3.24. The molecule has 0 aliphatic carbocycles. The maximum atomic E-state index is 12.7. The summed E-state index contributed by atoms with van der Waals surface area (Å²) in [5, 5.41) is 4.15. The molecule has 8 heteroatoms. The number of rotatable bonds is 2. The minimum atomic E-state index is 0.131. The Kier molecular flexibility index (Phi) is 3.93. The van der Waals surface area contributed by atoms with E-state index in [0.717, 1.165) is 36.6 Å². The largest absolute Gasteiger partial charge is 0.366 e. The Balaban J connectivity index is 1.87. The Bertz CT molecular complexity index is 754. The van der Waals surface area contributed by atoms with Gasteiger partial charge >= 0.3 is 0 Å². The maximum Gasteiger partial charge on any atom is 0.254 e. The van der Waals surface area contributed by atoms with Crippen molar-refractivity contribution in [1.82, 2.24) is 29.4 Å². The van der Waals surface area contributed by atoms with Gasteiger partial charge in [0.05, 0.1) is 6.42 Å². The van der Waals surface area contributed by atoms with E-state index in [1.165, 1.54) is 0 Å². The van der Waals surface area contributed by atoms with Gasteiger partial charge in [-0.1, -0.05) is 0 Å². The highest BCUT2D eigenvalue weighted by Crippen LogP contribution is 2.17. The van der Waals surface area contributed by atoms with Crippen molar-refractivity contribution >= 4 is 17.6 Å². The predicted molar refractivity (Wildman–Crippen MR) is 87.0 cm³/mol. The molecular formula is C15H23N7O. The van der Waals surface area contributed by atoms with Crippen LogP contribution in [0.4, 0.5) is 5.95 Å². The number of amides is 1. The summed E-state index contributed by atoms with van der Waals surface area (Å²) in [5.74, 6) is 0.795. The summed E-state index contributed by atoms with van der Waals surface area (Å²) in [6.45, 7) is 8.48. The summed E-state index contributed by atoms with van der Waals surface area (Å²) in [6.07, 6.45) is 0.328. The van der Waals surface area contributed by atoms with E-state index in [1.807, 2.05) is 18.7 Å². The zero-order valence-electron chi connectivity index (χ0n) is 14.1. The van der Waals surface area contributed by atoms with E-state index >= 15 is 0 Å². The van der Waals surface area contributed by atoms with Gasteiger partial charge in [0.15, 0.2) is 0 Å². The third-order valence-electron chi connectivity index (χ3n) is 4.54. The molecular weight excluding hydrogens is 294 g/mol. The average Bonchev–Trinajstić information content (AvgIpc) is 2.83. The standard InChI is InChI=1S/C15H23N7O/c1-9-8-20(4)5-6-21(9)13(23)7-12-10(2)17-15-18-14(16)19-22(15)11(12)3/h9H,5-8H2,1-4H3,(H2,16,19). The summed E-state index contributed by atoms with van der Waals surface area (Å²) in [4.78, 5) is 25.4. The van der Waals surface area contributed by atoms with E-state index in [0.29, 0.717) is 12.2 Å². The van der Waals surface area contributed by atoms with Gasteiger partial charge in [0.2, 0.25) is 11.9 Å². The van der Waals surface area contributed by atoms with Gasteiger partial charge in [-0.25, -0.2) is 4.98 Å². The molecule has 2 N–H and O–H groups in total. The number of anilines is 1. The van der Waals surface area contributed by atoms with E-state index in [4.69, 9.17) is 5.73 Å². The zero-order chi connectivity index (χ0) is 16.7. The molecule has 3 heterocycles. The zero-order valence-corrected chi connectivity index (χ0v) is 14.1. The number of nitrogen functional groups attached to an aromatic ring is 1. The SMILES string of the molecule is Cc1nc2nc(N)nn2c(C)c1CC(=O)N1CCN(C)CC1C. The fraction of sp³-hybridized carbons (Fsp3) is 0.600. The molecule has 8 nitrogen and oxygen atoms in total. The second kappa shape index (κ2) is 5.77. The number of aromatic nitrogens is 4. The molecule has 23 heavy (non-hydrogen) atoms. The first-order chi connectivity index (χ1) is 10.9. The van der Waals surface area contributed by atoms with Gasteiger partial charge in [-0.05, 0) is 27.8 Å². The Labute approximate surface area is 135 Å². The third kappa shape index (κ3) is 2.86. The molecule has 2 aromatic heterocycles. The summed E-state index contributed by atoms with van der Waals surface area (Å²) in [5.41, 5.74) is 8.22. The Morgan fingerprint density at radius 1 is 1.30 bits per heavy atom. The van der Waals surface area contributed by atoms with Gasteiger partial charge in [0, 0.05) is 42.6 Å². The molecule has 1 atom stereocenters. The van der Waals surface area contributed by atoms with Crippen molar-refractivity contribution in [3.05, 3.63) is 17.0 Å². The van der Waals surface area contributed by atoms with E-state index in [2.05, 4.69) is 33.9 Å². The minimum Gasteiger partial charge on any atom is -0.366 e. The van der Waals surface area contributed by atoms with E-state index in [9.17, 15) is 4.79 Å². The maximum absolute atomic E-state index is 12.7. The van der Waals surface area contributed by atoms with Crippen molar-refractivity contribution in [2.45, 2.75) is 33.2 Å². The lowest BCUT2D eigenvalue weighted by Gasteiger charge is -2.38. The molecule has 124 valence electrons. The summed E-state index contributed by atoms with van der Waals surface area (Å²) in [6, 6.07) is 0.223. The molecule has 0 bridgehead atoms. The second-order valence-electron chi connectivity index (χ2n) is 6.32. The second-order valence-corrected chi connectivity index (χ2v) is 6.32. The Hall–Kier alpha value is -2.22. The molecule has 1 fully saturated rings. The third-order valence-corrected chi connectivity index (χ3v) is 4.54. The normalized spacial score (nSPS) is 19.5. The molecule has 1 unspecified atom stereocenters. The molecule has 0 spiro atoms. The highest BCUT2D eigenvalue weighted by Gasteiger charge is 2.27. The Morgan fingerprint density at radius 3 is 2.74 bits per heavy atom. The number of piperazine rings is 1.